The highest BCUT2D eigenvalue weighted by atomic mass is 16.3. The lowest BCUT2D eigenvalue weighted by atomic mass is 10.2. The molecule has 94 valence electrons. The van der Waals surface area contributed by atoms with Crippen LogP contribution in [0.4, 0.5) is 5.69 Å². The van der Waals surface area contributed by atoms with Crippen molar-refractivity contribution in [2.45, 2.75) is 19.9 Å². The van der Waals surface area contributed by atoms with Crippen LogP contribution >= 0.6 is 0 Å². The second kappa shape index (κ2) is 4.91. The number of aromatic nitrogens is 1. The van der Waals surface area contributed by atoms with Crippen molar-refractivity contribution in [3.8, 4) is 0 Å². The van der Waals surface area contributed by atoms with Gasteiger partial charge in [-0.25, -0.2) is 4.98 Å². The van der Waals surface area contributed by atoms with E-state index in [-0.39, 0.29) is 11.9 Å². The van der Waals surface area contributed by atoms with Gasteiger partial charge >= 0.3 is 0 Å². The molecule has 0 saturated carbocycles. The van der Waals surface area contributed by atoms with Crippen molar-refractivity contribution < 1.29 is 9.21 Å². The van der Waals surface area contributed by atoms with Crippen LogP contribution in [0.15, 0.2) is 34.9 Å². The van der Waals surface area contributed by atoms with Gasteiger partial charge in [0.05, 0.1) is 17.9 Å². The average Bonchev–Trinajstić information content (AvgIpc) is 2.76. The van der Waals surface area contributed by atoms with Crippen molar-refractivity contribution >= 4 is 11.6 Å². The summed E-state index contributed by atoms with van der Waals surface area (Å²) in [6.45, 7) is 3.72. The number of amides is 1. The van der Waals surface area contributed by atoms with Crippen LogP contribution in [-0.2, 0) is 0 Å². The monoisotopic (exact) mass is 245 g/mol. The van der Waals surface area contributed by atoms with Gasteiger partial charge in [-0.3, -0.25) is 4.79 Å². The minimum absolute atomic E-state index is 0.203. The van der Waals surface area contributed by atoms with E-state index >= 15 is 0 Å². The molecule has 1 atom stereocenters. The molecule has 0 bridgehead atoms. The lowest BCUT2D eigenvalue weighted by Gasteiger charge is -2.11. The van der Waals surface area contributed by atoms with Crippen LogP contribution in [0, 0.1) is 6.92 Å². The van der Waals surface area contributed by atoms with E-state index in [4.69, 9.17) is 10.2 Å². The van der Waals surface area contributed by atoms with Gasteiger partial charge in [0.25, 0.3) is 5.91 Å². The predicted octanol–water partition coefficient (Wildman–Crippen LogP) is 2.06. The SMILES string of the molecule is Cc1ccc(C(C)NC(=O)c2ccc(N)cn2)o1. The van der Waals surface area contributed by atoms with Gasteiger partial charge in [-0.1, -0.05) is 0 Å². The normalized spacial score (nSPS) is 12.1. The number of hydrogen-bond donors (Lipinski definition) is 2. The molecule has 18 heavy (non-hydrogen) atoms. The Morgan fingerprint density at radius 2 is 2.17 bits per heavy atom. The number of hydrogen-bond acceptors (Lipinski definition) is 4. The second-order valence-electron chi connectivity index (χ2n) is 4.12. The Hall–Kier alpha value is -2.30. The van der Waals surface area contributed by atoms with Gasteiger partial charge in [0.15, 0.2) is 0 Å². The van der Waals surface area contributed by atoms with Gasteiger partial charge in [0, 0.05) is 0 Å². The molecule has 0 aliphatic heterocycles. The molecule has 0 fully saturated rings. The molecule has 3 N–H and O–H groups in total. The third-order valence-electron chi connectivity index (χ3n) is 2.55. The van der Waals surface area contributed by atoms with E-state index in [0.717, 1.165) is 11.5 Å². The maximum absolute atomic E-state index is 11.9. The standard InChI is InChI=1S/C13H15N3O2/c1-8-3-6-12(18-8)9(2)16-13(17)11-5-4-10(14)7-15-11/h3-7,9H,14H2,1-2H3,(H,16,17). The Balaban J connectivity index is 2.05. The Morgan fingerprint density at radius 3 is 2.72 bits per heavy atom. The van der Waals surface area contributed by atoms with Crippen LogP contribution in [0.2, 0.25) is 0 Å². The smallest absolute Gasteiger partial charge is 0.270 e. The van der Waals surface area contributed by atoms with Gasteiger partial charge in [0.2, 0.25) is 0 Å². The molecule has 0 radical (unpaired) electrons. The summed E-state index contributed by atoms with van der Waals surface area (Å²) in [6.07, 6.45) is 1.45. The van der Waals surface area contributed by atoms with Gasteiger partial charge in [-0.15, -0.1) is 0 Å². The molecule has 0 aliphatic rings. The summed E-state index contributed by atoms with van der Waals surface area (Å²) in [4.78, 5) is 15.9. The Kier molecular flexibility index (Phi) is 3.32. The second-order valence-corrected chi connectivity index (χ2v) is 4.12. The molecule has 0 saturated heterocycles. The Bertz CT molecular complexity index is 546. The van der Waals surface area contributed by atoms with Crippen LogP contribution in [-0.4, -0.2) is 10.9 Å². The van der Waals surface area contributed by atoms with Gasteiger partial charge in [-0.2, -0.15) is 0 Å². The molecule has 1 amide bonds. The largest absolute Gasteiger partial charge is 0.464 e. The van der Waals surface area contributed by atoms with Gasteiger partial charge < -0.3 is 15.5 Å². The van der Waals surface area contributed by atoms with Crippen molar-refractivity contribution in [2.75, 3.05) is 5.73 Å². The van der Waals surface area contributed by atoms with Crippen LogP contribution < -0.4 is 11.1 Å². The fraction of sp³-hybridized carbons (Fsp3) is 0.231. The molecule has 2 rings (SSSR count). The molecule has 2 aromatic rings. The number of aryl methyl sites for hydroxylation is 1. The van der Waals surface area contributed by atoms with E-state index < -0.39 is 0 Å². The van der Waals surface area contributed by atoms with Crippen molar-refractivity contribution in [1.29, 1.82) is 0 Å². The molecule has 0 aliphatic carbocycles. The Morgan fingerprint density at radius 1 is 1.39 bits per heavy atom. The first-order chi connectivity index (χ1) is 8.56. The molecular formula is C13H15N3O2. The van der Waals surface area contributed by atoms with E-state index in [1.807, 2.05) is 26.0 Å². The fourth-order valence-corrected chi connectivity index (χ4v) is 1.57. The molecule has 5 heteroatoms. The molecule has 0 spiro atoms. The highest BCUT2D eigenvalue weighted by Crippen LogP contribution is 2.16. The molecule has 0 aromatic carbocycles. The topological polar surface area (TPSA) is 81.2 Å². The summed E-state index contributed by atoms with van der Waals surface area (Å²) in [5.74, 6) is 1.28. The summed E-state index contributed by atoms with van der Waals surface area (Å²) in [7, 11) is 0. The third-order valence-corrected chi connectivity index (χ3v) is 2.55. The van der Waals surface area contributed by atoms with E-state index in [2.05, 4.69) is 10.3 Å². The first-order valence-electron chi connectivity index (χ1n) is 5.65. The molecule has 5 nitrogen and oxygen atoms in total. The Labute approximate surface area is 105 Å². The van der Waals surface area contributed by atoms with Gasteiger partial charge in [0.1, 0.15) is 17.2 Å². The molecule has 1 unspecified atom stereocenters. The quantitative estimate of drug-likeness (QED) is 0.867. The zero-order valence-electron chi connectivity index (χ0n) is 10.3. The minimum Gasteiger partial charge on any atom is -0.464 e. The van der Waals surface area contributed by atoms with E-state index in [1.165, 1.54) is 6.20 Å². The first-order valence-corrected chi connectivity index (χ1v) is 5.65. The highest BCUT2D eigenvalue weighted by Gasteiger charge is 2.14. The number of pyridine rings is 1. The maximum Gasteiger partial charge on any atom is 0.270 e. The number of rotatable bonds is 3. The number of carbonyl (C=O) groups is 1. The third kappa shape index (κ3) is 2.68. The number of nitrogens with two attached hydrogens (primary N) is 1. The molecule has 2 aromatic heterocycles. The summed E-state index contributed by atoms with van der Waals surface area (Å²) in [6, 6.07) is 6.73. The minimum atomic E-state index is -0.253. The number of nitrogens with zero attached hydrogens (tertiary/aromatic N) is 1. The number of carbonyl (C=O) groups excluding carboxylic acids is 1. The van der Waals surface area contributed by atoms with Crippen LogP contribution in [0.3, 0.4) is 0 Å². The van der Waals surface area contributed by atoms with Crippen LogP contribution in [0.25, 0.3) is 0 Å². The number of furan rings is 1. The average molecular weight is 245 g/mol. The summed E-state index contributed by atoms with van der Waals surface area (Å²) in [5.41, 5.74) is 6.37. The van der Waals surface area contributed by atoms with Crippen LogP contribution in [0.1, 0.15) is 35.0 Å². The summed E-state index contributed by atoms with van der Waals surface area (Å²) < 4.78 is 5.45. The van der Waals surface area contributed by atoms with E-state index in [9.17, 15) is 4.79 Å². The van der Waals surface area contributed by atoms with Crippen LogP contribution in [0.5, 0.6) is 0 Å². The maximum atomic E-state index is 11.9. The van der Waals surface area contributed by atoms with E-state index in [0.29, 0.717) is 11.4 Å². The number of nitrogen functional groups attached to an aromatic ring is 1. The van der Waals surface area contributed by atoms with E-state index in [1.54, 1.807) is 12.1 Å². The molecule has 2 heterocycles. The number of anilines is 1. The number of nitrogens with one attached hydrogen (secondary N) is 1. The lowest BCUT2D eigenvalue weighted by Crippen LogP contribution is -2.27. The zero-order valence-corrected chi connectivity index (χ0v) is 10.3. The van der Waals surface area contributed by atoms with Crippen molar-refractivity contribution in [3.05, 3.63) is 47.7 Å². The fourth-order valence-electron chi connectivity index (χ4n) is 1.57. The van der Waals surface area contributed by atoms with Crippen molar-refractivity contribution in [1.82, 2.24) is 10.3 Å². The zero-order chi connectivity index (χ0) is 13.1. The summed E-state index contributed by atoms with van der Waals surface area (Å²) in [5, 5.41) is 2.81. The highest BCUT2D eigenvalue weighted by molar-refractivity contribution is 5.92. The lowest BCUT2D eigenvalue weighted by molar-refractivity contribution is 0.0930. The molecular weight excluding hydrogens is 230 g/mol. The summed E-state index contributed by atoms with van der Waals surface area (Å²) >= 11 is 0. The van der Waals surface area contributed by atoms with Gasteiger partial charge in [-0.05, 0) is 38.1 Å². The van der Waals surface area contributed by atoms with Crippen molar-refractivity contribution in [3.63, 3.8) is 0 Å². The predicted molar refractivity (Wildman–Crippen MR) is 68.0 cm³/mol. The first kappa shape index (κ1) is 12.2. The van der Waals surface area contributed by atoms with Crippen molar-refractivity contribution in [2.24, 2.45) is 0 Å².